The van der Waals surface area contributed by atoms with E-state index in [-0.39, 0.29) is 36.0 Å². The van der Waals surface area contributed by atoms with Crippen molar-refractivity contribution in [2.24, 2.45) is 0 Å². The summed E-state index contributed by atoms with van der Waals surface area (Å²) in [6.07, 6.45) is 0. The van der Waals surface area contributed by atoms with Crippen LogP contribution in [0, 0.1) is 6.92 Å². The molecule has 2 aromatic carbocycles. The van der Waals surface area contributed by atoms with E-state index in [2.05, 4.69) is 0 Å². The van der Waals surface area contributed by atoms with Gasteiger partial charge in [0.1, 0.15) is 5.76 Å². The molecule has 1 atom stereocenters. The maximum atomic E-state index is 12.8. The largest absolute Gasteiger partial charge is 0.507 e. The molecule has 2 N–H and O–H groups in total. The fourth-order valence-electron chi connectivity index (χ4n) is 3.38. The molecule has 0 spiro atoms. The zero-order valence-corrected chi connectivity index (χ0v) is 16.5. The van der Waals surface area contributed by atoms with Gasteiger partial charge in [0.25, 0.3) is 11.7 Å². The summed E-state index contributed by atoms with van der Waals surface area (Å²) < 4.78 is 10.2. The molecule has 1 aliphatic heterocycles. The number of hydrogen-bond donors (Lipinski definition) is 2. The van der Waals surface area contributed by atoms with Gasteiger partial charge >= 0.3 is 0 Å². The summed E-state index contributed by atoms with van der Waals surface area (Å²) in [5, 5.41) is 20.8. The van der Waals surface area contributed by atoms with Crippen molar-refractivity contribution in [3.8, 4) is 11.5 Å². The van der Waals surface area contributed by atoms with E-state index >= 15 is 0 Å². The van der Waals surface area contributed by atoms with Crippen LogP contribution in [0.2, 0.25) is 0 Å². The molecule has 29 heavy (non-hydrogen) atoms. The monoisotopic (exact) mass is 397 g/mol. The number of Topliss-reactive ketones (excluding diaryl/α,β-unsaturated/α-hetero) is 1. The number of nitrogens with zero attached hydrogens (tertiary/aromatic N) is 1. The molecule has 0 bridgehead atoms. The number of likely N-dealkylation sites (tertiary alicyclic amines) is 1. The molecule has 1 fully saturated rings. The Morgan fingerprint density at radius 2 is 1.79 bits per heavy atom. The van der Waals surface area contributed by atoms with Crippen LogP contribution in [0.25, 0.3) is 5.76 Å². The van der Waals surface area contributed by atoms with E-state index in [9.17, 15) is 19.8 Å². The SMILES string of the molecule is COCCN1C(=O)C(=O)/C(=C(\O)c2ccc(C)cc2)C1c1ccc(O)c(OC)c1. The lowest BCUT2D eigenvalue weighted by molar-refractivity contribution is -0.140. The van der Waals surface area contributed by atoms with Crippen molar-refractivity contribution in [2.75, 3.05) is 27.4 Å². The minimum atomic E-state index is -0.832. The molecule has 7 heteroatoms. The first kappa shape index (κ1) is 20.4. The van der Waals surface area contributed by atoms with Gasteiger partial charge in [-0.15, -0.1) is 0 Å². The number of benzene rings is 2. The van der Waals surface area contributed by atoms with Crippen LogP contribution in [0.4, 0.5) is 0 Å². The van der Waals surface area contributed by atoms with Gasteiger partial charge in [-0.3, -0.25) is 9.59 Å². The van der Waals surface area contributed by atoms with Crippen LogP contribution in [0.15, 0.2) is 48.0 Å². The van der Waals surface area contributed by atoms with Crippen LogP contribution >= 0.6 is 0 Å². The lowest BCUT2D eigenvalue weighted by atomic mass is 9.94. The number of ether oxygens (including phenoxy) is 2. The number of phenolic OH excluding ortho intramolecular Hbond substituents is 1. The highest BCUT2D eigenvalue weighted by Crippen LogP contribution is 2.41. The van der Waals surface area contributed by atoms with Gasteiger partial charge in [-0.2, -0.15) is 0 Å². The van der Waals surface area contributed by atoms with Crippen molar-refractivity contribution >= 4 is 17.4 Å². The molecule has 1 aliphatic rings. The minimum absolute atomic E-state index is 0.0114. The third-order valence-corrected chi connectivity index (χ3v) is 4.92. The zero-order chi connectivity index (χ0) is 21.1. The molecule has 0 radical (unpaired) electrons. The first-order chi connectivity index (χ1) is 13.9. The Morgan fingerprint density at radius 1 is 1.10 bits per heavy atom. The minimum Gasteiger partial charge on any atom is -0.507 e. The molecule has 2 aromatic rings. The molecule has 0 saturated carbocycles. The summed E-state index contributed by atoms with van der Waals surface area (Å²) >= 11 is 0. The lowest BCUT2D eigenvalue weighted by Gasteiger charge is -2.25. The molecule has 0 aromatic heterocycles. The molecule has 1 heterocycles. The van der Waals surface area contributed by atoms with Gasteiger partial charge in [-0.05, 0) is 24.6 Å². The van der Waals surface area contributed by atoms with E-state index in [1.54, 1.807) is 24.3 Å². The Labute approximate surface area is 168 Å². The molecule has 1 amide bonds. The van der Waals surface area contributed by atoms with Gasteiger partial charge in [-0.25, -0.2) is 0 Å². The predicted molar refractivity (Wildman–Crippen MR) is 107 cm³/mol. The van der Waals surface area contributed by atoms with Crippen molar-refractivity contribution in [3.63, 3.8) is 0 Å². The number of amides is 1. The van der Waals surface area contributed by atoms with E-state index in [0.717, 1.165) is 5.56 Å². The van der Waals surface area contributed by atoms with Crippen LogP contribution in [0.1, 0.15) is 22.7 Å². The summed E-state index contributed by atoms with van der Waals surface area (Å²) in [6, 6.07) is 10.8. The fourth-order valence-corrected chi connectivity index (χ4v) is 3.38. The molecular weight excluding hydrogens is 374 g/mol. The number of methoxy groups -OCH3 is 2. The van der Waals surface area contributed by atoms with E-state index in [0.29, 0.717) is 11.1 Å². The summed E-state index contributed by atoms with van der Waals surface area (Å²) in [7, 11) is 2.91. The van der Waals surface area contributed by atoms with Crippen LogP contribution in [0.5, 0.6) is 11.5 Å². The molecule has 152 valence electrons. The predicted octanol–water partition coefficient (Wildman–Crippen LogP) is 2.78. The molecule has 1 saturated heterocycles. The van der Waals surface area contributed by atoms with Crippen LogP contribution in [0.3, 0.4) is 0 Å². The highest BCUT2D eigenvalue weighted by molar-refractivity contribution is 6.46. The number of aromatic hydroxyl groups is 1. The summed E-state index contributed by atoms with van der Waals surface area (Å²) in [4.78, 5) is 26.9. The number of carbonyl (C=O) groups is 2. The molecule has 3 rings (SSSR count). The van der Waals surface area contributed by atoms with Gasteiger partial charge < -0.3 is 24.6 Å². The Bertz CT molecular complexity index is 964. The number of aliphatic hydroxyl groups excluding tert-OH is 1. The van der Waals surface area contributed by atoms with Crippen LogP contribution < -0.4 is 4.74 Å². The van der Waals surface area contributed by atoms with Gasteiger partial charge in [0, 0.05) is 19.2 Å². The number of aryl methyl sites for hydroxylation is 1. The normalized spacial score (nSPS) is 18.3. The van der Waals surface area contributed by atoms with E-state index < -0.39 is 17.7 Å². The van der Waals surface area contributed by atoms with Crippen LogP contribution in [-0.2, 0) is 14.3 Å². The first-order valence-corrected chi connectivity index (χ1v) is 9.10. The summed E-state index contributed by atoms with van der Waals surface area (Å²) in [6.45, 7) is 2.30. The summed E-state index contributed by atoms with van der Waals surface area (Å²) in [5.41, 5.74) is 1.96. The van der Waals surface area contributed by atoms with Crippen molar-refractivity contribution in [2.45, 2.75) is 13.0 Å². The van der Waals surface area contributed by atoms with Crippen molar-refractivity contribution in [1.82, 2.24) is 4.90 Å². The Kier molecular flexibility index (Phi) is 5.89. The quantitative estimate of drug-likeness (QED) is 0.442. The maximum absolute atomic E-state index is 12.8. The van der Waals surface area contributed by atoms with Gasteiger partial charge in [0.05, 0.1) is 25.3 Å². The number of aliphatic hydroxyl groups is 1. The van der Waals surface area contributed by atoms with Gasteiger partial charge in [0.15, 0.2) is 11.5 Å². The fraction of sp³-hybridized carbons (Fsp3) is 0.273. The molecule has 1 unspecified atom stereocenters. The standard InChI is InChI=1S/C22H23NO6/c1-13-4-6-14(7-5-13)20(25)18-19(15-8-9-16(24)17(12-15)29-3)23(10-11-28-2)22(27)21(18)26/h4-9,12,19,24-25H,10-11H2,1-3H3/b20-18-. The second-order valence-corrected chi connectivity index (χ2v) is 6.78. The van der Waals surface area contributed by atoms with Crippen molar-refractivity contribution in [3.05, 3.63) is 64.7 Å². The number of ketones is 1. The average molecular weight is 397 g/mol. The summed E-state index contributed by atoms with van der Waals surface area (Å²) in [5.74, 6) is -1.59. The number of phenols is 1. The first-order valence-electron chi connectivity index (χ1n) is 9.10. The van der Waals surface area contributed by atoms with Crippen molar-refractivity contribution in [1.29, 1.82) is 0 Å². The molecular formula is C22H23NO6. The highest BCUT2D eigenvalue weighted by Gasteiger charge is 2.46. The second kappa shape index (κ2) is 8.36. The van der Waals surface area contributed by atoms with E-state index in [4.69, 9.17) is 9.47 Å². The third-order valence-electron chi connectivity index (χ3n) is 4.92. The maximum Gasteiger partial charge on any atom is 0.295 e. The number of rotatable bonds is 6. The molecule has 0 aliphatic carbocycles. The Balaban J connectivity index is 2.18. The topological polar surface area (TPSA) is 96.3 Å². The number of hydrogen-bond acceptors (Lipinski definition) is 6. The average Bonchev–Trinajstić information content (AvgIpc) is 2.97. The lowest BCUT2D eigenvalue weighted by Crippen LogP contribution is -2.32. The van der Waals surface area contributed by atoms with Crippen molar-refractivity contribution < 1.29 is 29.3 Å². The van der Waals surface area contributed by atoms with E-state index in [1.165, 1.54) is 25.2 Å². The van der Waals surface area contributed by atoms with Gasteiger partial charge in [0.2, 0.25) is 0 Å². The zero-order valence-electron chi connectivity index (χ0n) is 16.5. The molecule has 7 nitrogen and oxygen atoms in total. The Hall–Kier alpha value is -3.32. The Morgan fingerprint density at radius 3 is 2.41 bits per heavy atom. The van der Waals surface area contributed by atoms with Gasteiger partial charge in [-0.1, -0.05) is 35.9 Å². The van der Waals surface area contributed by atoms with E-state index in [1.807, 2.05) is 19.1 Å². The third kappa shape index (κ3) is 3.82. The smallest absolute Gasteiger partial charge is 0.295 e. The number of carbonyl (C=O) groups excluding carboxylic acids is 2. The second-order valence-electron chi connectivity index (χ2n) is 6.78. The van der Waals surface area contributed by atoms with Crippen LogP contribution in [-0.4, -0.2) is 54.2 Å². The highest BCUT2D eigenvalue weighted by atomic mass is 16.5.